The molecule has 6 heteroatoms. The van der Waals surface area contributed by atoms with Crippen LogP contribution in [0.3, 0.4) is 0 Å². The molecule has 0 aliphatic carbocycles. The summed E-state index contributed by atoms with van der Waals surface area (Å²) in [5.74, 6) is 0.520. The predicted octanol–water partition coefficient (Wildman–Crippen LogP) is 3.44. The van der Waals surface area contributed by atoms with Gasteiger partial charge in [0.05, 0.1) is 10.6 Å². The van der Waals surface area contributed by atoms with Crippen LogP contribution >= 0.6 is 11.3 Å². The normalized spacial score (nSPS) is 10.6. The molecule has 0 fully saturated rings. The van der Waals surface area contributed by atoms with Crippen molar-refractivity contribution in [1.82, 2.24) is 14.5 Å². The van der Waals surface area contributed by atoms with E-state index in [1.165, 1.54) is 11.3 Å². The predicted molar refractivity (Wildman–Crippen MR) is 89.7 cm³/mol. The van der Waals surface area contributed by atoms with E-state index in [4.69, 9.17) is 0 Å². The van der Waals surface area contributed by atoms with Crippen LogP contribution in [-0.4, -0.2) is 14.5 Å². The first kappa shape index (κ1) is 14.5. The van der Waals surface area contributed by atoms with E-state index in [9.17, 15) is 4.79 Å². The Morgan fingerprint density at radius 3 is 2.68 bits per heavy atom. The van der Waals surface area contributed by atoms with Gasteiger partial charge in [-0.15, -0.1) is 0 Å². The minimum atomic E-state index is 0.0474. The minimum absolute atomic E-state index is 0.0474. The quantitative estimate of drug-likeness (QED) is 0.801. The van der Waals surface area contributed by atoms with Crippen LogP contribution in [0, 0.1) is 6.92 Å². The Kier molecular flexibility index (Phi) is 4.02. The molecule has 0 atom stereocenters. The third kappa shape index (κ3) is 2.78. The summed E-state index contributed by atoms with van der Waals surface area (Å²) in [4.78, 5) is 21.7. The van der Waals surface area contributed by atoms with E-state index in [0.717, 1.165) is 22.0 Å². The number of hydrogen-bond acceptors (Lipinski definition) is 5. The summed E-state index contributed by atoms with van der Waals surface area (Å²) in [5.41, 5.74) is 2.64. The highest BCUT2D eigenvalue weighted by atomic mass is 32.1. The van der Waals surface area contributed by atoms with E-state index in [2.05, 4.69) is 15.3 Å². The summed E-state index contributed by atoms with van der Waals surface area (Å²) in [5, 5.41) is 3.17. The molecule has 1 N–H and O–H groups in total. The molecule has 0 amide bonds. The van der Waals surface area contributed by atoms with Crippen LogP contribution in [0.5, 0.6) is 0 Å². The zero-order valence-electron chi connectivity index (χ0n) is 12.4. The smallest absolute Gasteiger partial charge is 0.307 e. The summed E-state index contributed by atoms with van der Waals surface area (Å²) in [7, 11) is 0. The van der Waals surface area contributed by atoms with Gasteiger partial charge in [-0.05, 0) is 32.0 Å². The van der Waals surface area contributed by atoms with E-state index in [1.54, 1.807) is 10.8 Å². The lowest BCUT2D eigenvalue weighted by Gasteiger charge is -2.06. The zero-order valence-corrected chi connectivity index (χ0v) is 13.2. The molecular formula is C16H16N4OS. The van der Waals surface area contributed by atoms with Crippen LogP contribution in [0.1, 0.15) is 12.6 Å². The molecule has 22 heavy (non-hydrogen) atoms. The SMILES string of the molecule is CCn1c(C)c(-c2ccnc(Nc3ccccc3)n2)sc1=O. The highest BCUT2D eigenvalue weighted by molar-refractivity contribution is 7.13. The van der Waals surface area contributed by atoms with Gasteiger partial charge in [-0.2, -0.15) is 0 Å². The molecular weight excluding hydrogens is 296 g/mol. The lowest BCUT2D eigenvalue weighted by atomic mass is 10.3. The van der Waals surface area contributed by atoms with Gasteiger partial charge in [0.15, 0.2) is 0 Å². The van der Waals surface area contributed by atoms with Crippen LogP contribution < -0.4 is 10.2 Å². The van der Waals surface area contributed by atoms with Crippen LogP contribution in [0.15, 0.2) is 47.4 Å². The molecule has 0 radical (unpaired) electrons. The van der Waals surface area contributed by atoms with Gasteiger partial charge in [-0.3, -0.25) is 4.79 Å². The fourth-order valence-corrected chi connectivity index (χ4v) is 3.30. The standard InChI is InChI=1S/C16H16N4OS/c1-3-20-11(2)14(22-16(20)21)13-9-10-17-15(19-13)18-12-7-5-4-6-8-12/h4-10H,3H2,1-2H3,(H,17,18,19). The first-order valence-electron chi connectivity index (χ1n) is 7.04. The summed E-state index contributed by atoms with van der Waals surface area (Å²) >= 11 is 1.22. The Morgan fingerprint density at radius 1 is 1.23 bits per heavy atom. The Bertz CT molecular complexity index is 839. The summed E-state index contributed by atoms with van der Waals surface area (Å²) in [6.07, 6.45) is 1.70. The van der Waals surface area contributed by atoms with Crippen molar-refractivity contribution in [2.24, 2.45) is 0 Å². The highest BCUT2D eigenvalue weighted by Crippen LogP contribution is 2.25. The average Bonchev–Trinajstić information content (AvgIpc) is 2.83. The number of aromatic nitrogens is 3. The Hall–Kier alpha value is -2.47. The van der Waals surface area contributed by atoms with E-state index < -0.39 is 0 Å². The first-order chi connectivity index (χ1) is 10.7. The molecule has 5 nitrogen and oxygen atoms in total. The summed E-state index contributed by atoms with van der Waals surface area (Å²) in [6.45, 7) is 4.58. The number of nitrogens with one attached hydrogen (secondary N) is 1. The van der Waals surface area contributed by atoms with E-state index in [1.807, 2.05) is 50.2 Å². The lowest BCUT2D eigenvalue weighted by Crippen LogP contribution is -2.12. The number of rotatable bonds is 4. The van der Waals surface area contributed by atoms with Crippen LogP contribution in [0.2, 0.25) is 0 Å². The number of nitrogens with zero attached hydrogens (tertiary/aromatic N) is 3. The first-order valence-corrected chi connectivity index (χ1v) is 7.86. The Labute approximate surface area is 132 Å². The molecule has 2 heterocycles. The summed E-state index contributed by atoms with van der Waals surface area (Å²) in [6, 6.07) is 11.6. The van der Waals surface area contributed by atoms with Gasteiger partial charge >= 0.3 is 4.87 Å². The number of hydrogen-bond donors (Lipinski definition) is 1. The van der Waals surface area contributed by atoms with Crippen molar-refractivity contribution in [3.63, 3.8) is 0 Å². The van der Waals surface area contributed by atoms with Crippen molar-refractivity contribution in [1.29, 1.82) is 0 Å². The molecule has 0 saturated carbocycles. The van der Waals surface area contributed by atoms with Crippen molar-refractivity contribution in [2.45, 2.75) is 20.4 Å². The van der Waals surface area contributed by atoms with E-state index in [0.29, 0.717) is 12.5 Å². The van der Waals surface area contributed by atoms with Crippen molar-refractivity contribution in [2.75, 3.05) is 5.32 Å². The largest absolute Gasteiger partial charge is 0.324 e. The molecule has 0 saturated heterocycles. The van der Waals surface area contributed by atoms with Gasteiger partial charge in [-0.1, -0.05) is 29.5 Å². The number of anilines is 2. The van der Waals surface area contributed by atoms with Gasteiger partial charge in [0.2, 0.25) is 5.95 Å². The van der Waals surface area contributed by atoms with Crippen molar-refractivity contribution in [3.8, 4) is 10.6 Å². The monoisotopic (exact) mass is 312 g/mol. The fourth-order valence-electron chi connectivity index (χ4n) is 2.28. The van der Waals surface area contributed by atoms with Gasteiger partial charge in [0.25, 0.3) is 0 Å². The molecule has 112 valence electrons. The molecule has 0 aliphatic heterocycles. The molecule has 0 spiro atoms. The number of thiazole rings is 1. The van der Waals surface area contributed by atoms with Gasteiger partial charge in [0.1, 0.15) is 0 Å². The second kappa shape index (κ2) is 6.11. The third-order valence-electron chi connectivity index (χ3n) is 3.38. The maximum atomic E-state index is 12.0. The minimum Gasteiger partial charge on any atom is -0.324 e. The molecule has 0 aliphatic rings. The van der Waals surface area contributed by atoms with Crippen molar-refractivity contribution in [3.05, 3.63) is 58.0 Å². The van der Waals surface area contributed by atoms with Crippen LogP contribution in [0.25, 0.3) is 10.6 Å². The Morgan fingerprint density at radius 2 is 2.00 bits per heavy atom. The molecule has 2 aromatic heterocycles. The molecule has 3 aromatic rings. The van der Waals surface area contributed by atoms with E-state index >= 15 is 0 Å². The fraction of sp³-hybridized carbons (Fsp3) is 0.188. The molecule has 0 unspecified atom stereocenters. The number of para-hydroxylation sites is 1. The average molecular weight is 312 g/mol. The van der Waals surface area contributed by atoms with Crippen molar-refractivity contribution < 1.29 is 0 Å². The zero-order chi connectivity index (χ0) is 15.5. The molecule has 0 bridgehead atoms. The summed E-state index contributed by atoms with van der Waals surface area (Å²) < 4.78 is 1.76. The molecule has 3 rings (SSSR count). The highest BCUT2D eigenvalue weighted by Gasteiger charge is 2.13. The maximum absolute atomic E-state index is 12.0. The third-order valence-corrected chi connectivity index (χ3v) is 4.48. The topological polar surface area (TPSA) is 59.8 Å². The Balaban J connectivity index is 1.96. The maximum Gasteiger partial charge on any atom is 0.307 e. The number of benzene rings is 1. The van der Waals surface area contributed by atoms with Gasteiger partial charge < -0.3 is 9.88 Å². The van der Waals surface area contributed by atoms with E-state index in [-0.39, 0.29) is 4.87 Å². The van der Waals surface area contributed by atoms with Gasteiger partial charge in [-0.25, -0.2) is 9.97 Å². The van der Waals surface area contributed by atoms with Gasteiger partial charge in [0, 0.05) is 24.1 Å². The second-order valence-electron chi connectivity index (χ2n) is 4.78. The second-order valence-corrected chi connectivity index (χ2v) is 5.74. The molecule has 1 aromatic carbocycles. The lowest BCUT2D eigenvalue weighted by molar-refractivity contribution is 0.724. The van der Waals surface area contributed by atoms with Crippen molar-refractivity contribution >= 4 is 23.0 Å². The van der Waals surface area contributed by atoms with Crippen LogP contribution in [-0.2, 0) is 6.54 Å². The van der Waals surface area contributed by atoms with Crippen LogP contribution in [0.4, 0.5) is 11.6 Å².